The highest BCUT2D eigenvalue weighted by molar-refractivity contribution is 5.96. The van der Waals surface area contributed by atoms with Crippen molar-refractivity contribution in [2.75, 3.05) is 5.32 Å². The molecule has 0 radical (unpaired) electrons. The molecule has 2 aromatic heterocycles. The van der Waals surface area contributed by atoms with Gasteiger partial charge < -0.3 is 10.6 Å². The van der Waals surface area contributed by atoms with Crippen LogP contribution < -0.4 is 10.6 Å². The Morgan fingerprint density at radius 2 is 2.14 bits per heavy atom. The minimum Gasteiger partial charge on any atom is -0.344 e. The predicted molar refractivity (Wildman–Crippen MR) is 76.6 cm³/mol. The number of nitrogens with zero attached hydrogens (tertiary/aromatic N) is 3. The fourth-order valence-electron chi connectivity index (χ4n) is 2.23. The first kappa shape index (κ1) is 13.5. The summed E-state index contributed by atoms with van der Waals surface area (Å²) in [5, 5.41) is 9.60. The number of carbonyl (C=O) groups is 2. The zero-order valence-corrected chi connectivity index (χ0v) is 11.7. The summed E-state index contributed by atoms with van der Waals surface area (Å²) in [6.07, 6.45) is 6.13. The van der Waals surface area contributed by atoms with Gasteiger partial charge in [0.05, 0.1) is 6.20 Å². The maximum absolute atomic E-state index is 12.2. The summed E-state index contributed by atoms with van der Waals surface area (Å²) in [5.74, 6) is 0.285. The lowest BCUT2D eigenvalue weighted by Crippen LogP contribution is -2.45. The Hall–Kier alpha value is -2.44. The molecule has 7 heteroatoms. The minimum absolute atomic E-state index is 0.0390. The van der Waals surface area contributed by atoms with E-state index in [9.17, 15) is 9.59 Å². The average Bonchev–Trinajstić information content (AvgIpc) is 2.85. The molecule has 0 spiro atoms. The molecule has 0 aromatic carbocycles. The van der Waals surface area contributed by atoms with Crippen LogP contribution in [-0.4, -0.2) is 32.5 Å². The molecule has 0 bridgehead atoms. The lowest BCUT2D eigenvalue weighted by atomic mass is 9.84. The van der Waals surface area contributed by atoms with Crippen LogP contribution in [0.25, 0.3) is 5.65 Å². The van der Waals surface area contributed by atoms with Gasteiger partial charge in [0.1, 0.15) is 11.9 Å². The third-order valence-electron chi connectivity index (χ3n) is 3.77. The molecule has 1 saturated carbocycles. The molecule has 2 heterocycles. The summed E-state index contributed by atoms with van der Waals surface area (Å²) in [6, 6.07) is 2.83. The number of rotatable bonds is 4. The van der Waals surface area contributed by atoms with Gasteiger partial charge in [0.15, 0.2) is 5.65 Å². The van der Waals surface area contributed by atoms with Gasteiger partial charge in [-0.1, -0.05) is 6.42 Å². The van der Waals surface area contributed by atoms with Gasteiger partial charge in [-0.2, -0.15) is 9.61 Å². The number of hydrogen-bond acceptors (Lipinski definition) is 4. The van der Waals surface area contributed by atoms with Crippen molar-refractivity contribution >= 4 is 23.3 Å². The minimum atomic E-state index is -0.586. The van der Waals surface area contributed by atoms with Crippen molar-refractivity contribution in [1.82, 2.24) is 19.9 Å². The second-order valence-corrected chi connectivity index (χ2v) is 5.28. The molecule has 1 unspecified atom stereocenters. The summed E-state index contributed by atoms with van der Waals surface area (Å²) >= 11 is 0. The van der Waals surface area contributed by atoms with E-state index >= 15 is 0 Å². The molecule has 110 valence electrons. The molecular formula is C14H17N5O2. The molecular weight excluding hydrogens is 270 g/mol. The Balaban J connectivity index is 1.65. The van der Waals surface area contributed by atoms with Crippen molar-refractivity contribution in [3.63, 3.8) is 0 Å². The maximum atomic E-state index is 12.2. The molecule has 1 fully saturated rings. The van der Waals surface area contributed by atoms with E-state index in [1.807, 2.05) is 0 Å². The first-order valence-electron chi connectivity index (χ1n) is 7.05. The molecule has 2 N–H and O–H groups in total. The van der Waals surface area contributed by atoms with E-state index in [1.165, 1.54) is 0 Å². The maximum Gasteiger partial charge on any atom is 0.247 e. The van der Waals surface area contributed by atoms with E-state index in [1.54, 1.807) is 36.0 Å². The number of aromatic nitrogens is 3. The van der Waals surface area contributed by atoms with Crippen LogP contribution in [0, 0.1) is 5.92 Å². The first-order chi connectivity index (χ1) is 10.1. The summed E-state index contributed by atoms with van der Waals surface area (Å²) in [4.78, 5) is 28.1. The number of carbonyl (C=O) groups excluding carboxylic acids is 2. The number of hydrogen-bond donors (Lipinski definition) is 2. The van der Waals surface area contributed by atoms with Gasteiger partial charge in [-0.25, -0.2) is 4.98 Å². The van der Waals surface area contributed by atoms with Gasteiger partial charge in [0.25, 0.3) is 0 Å². The topological polar surface area (TPSA) is 88.4 Å². The predicted octanol–water partition coefficient (Wildman–Crippen LogP) is 0.973. The van der Waals surface area contributed by atoms with Gasteiger partial charge in [-0.3, -0.25) is 9.59 Å². The van der Waals surface area contributed by atoms with E-state index in [2.05, 4.69) is 20.7 Å². The first-order valence-corrected chi connectivity index (χ1v) is 7.05. The lowest BCUT2D eigenvalue weighted by molar-refractivity contribution is -0.130. The van der Waals surface area contributed by atoms with Crippen LogP contribution in [0.3, 0.4) is 0 Å². The molecule has 0 aliphatic heterocycles. The Kier molecular flexibility index (Phi) is 3.55. The number of fused-ring (bicyclic) bond motifs is 1. The summed E-state index contributed by atoms with van der Waals surface area (Å²) < 4.78 is 1.54. The van der Waals surface area contributed by atoms with Crippen LogP contribution >= 0.6 is 0 Å². The summed E-state index contributed by atoms with van der Waals surface area (Å²) in [6.45, 7) is 1.67. The van der Waals surface area contributed by atoms with Crippen molar-refractivity contribution < 1.29 is 9.59 Å². The third-order valence-corrected chi connectivity index (χ3v) is 3.77. The number of anilines is 1. The average molecular weight is 287 g/mol. The normalized spacial score (nSPS) is 16.2. The molecule has 21 heavy (non-hydrogen) atoms. The highest BCUT2D eigenvalue weighted by atomic mass is 16.2. The van der Waals surface area contributed by atoms with E-state index in [-0.39, 0.29) is 17.7 Å². The van der Waals surface area contributed by atoms with Crippen LogP contribution in [0.15, 0.2) is 24.5 Å². The van der Waals surface area contributed by atoms with Crippen molar-refractivity contribution in [1.29, 1.82) is 0 Å². The molecule has 2 aromatic rings. The second-order valence-electron chi connectivity index (χ2n) is 5.28. The lowest BCUT2D eigenvalue weighted by Gasteiger charge is -2.25. The van der Waals surface area contributed by atoms with Crippen molar-refractivity contribution in [2.45, 2.75) is 32.2 Å². The van der Waals surface area contributed by atoms with E-state index in [0.29, 0.717) is 11.5 Å². The van der Waals surface area contributed by atoms with Gasteiger partial charge in [-0.05, 0) is 25.8 Å². The smallest absolute Gasteiger partial charge is 0.247 e. The zero-order valence-electron chi connectivity index (χ0n) is 11.7. The van der Waals surface area contributed by atoms with E-state index in [0.717, 1.165) is 19.3 Å². The Bertz CT molecular complexity index is 677. The second kappa shape index (κ2) is 5.51. The molecule has 1 aliphatic carbocycles. The van der Waals surface area contributed by atoms with Crippen LogP contribution in [0.1, 0.15) is 26.2 Å². The van der Waals surface area contributed by atoms with Gasteiger partial charge in [0, 0.05) is 18.2 Å². The van der Waals surface area contributed by atoms with Gasteiger partial charge in [0.2, 0.25) is 11.8 Å². The third kappa shape index (κ3) is 2.72. The highest BCUT2D eigenvalue weighted by Gasteiger charge is 2.27. The number of amides is 2. The van der Waals surface area contributed by atoms with Crippen LogP contribution in [0.2, 0.25) is 0 Å². The largest absolute Gasteiger partial charge is 0.344 e. The fraction of sp³-hybridized carbons (Fsp3) is 0.429. The quantitative estimate of drug-likeness (QED) is 0.877. The van der Waals surface area contributed by atoms with Crippen molar-refractivity contribution in [2.24, 2.45) is 5.92 Å². The van der Waals surface area contributed by atoms with Gasteiger partial charge in [-0.15, -0.1) is 0 Å². The Morgan fingerprint density at radius 1 is 1.33 bits per heavy atom. The van der Waals surface area contributed by atoms with Crippen LogP contribution in [0.5, 0.6) is 0 Å². The summed E-state index contributed by atoms with van der Waals surface area (Å²) in [5.41, 5.74) is 0.652. The number of nitrogens with one attached hydrogen (secondary N) is 2. The monoisotopic (exact) mass is 287 g/mol. The van der Waals surface area contributed by atoms with E-state index < -0.39 is 6.04 Å². The fourth-order valence-corrected chi connectivity index (χ4v) is 2.23. The SMILES string of the molecule is CC(NC(=O)C1CCC1)C(=O)Nc1ccnc2ccnn12. The summed E-state index contributed by atoms with van der Waals surface area (Å²) in [7, 11) is 0. The zero-order chi connectivity index (χ0) is 14.8. The highest BCUT2D eigenvalue weighted by Crippen LogP contribution is 2.26. The van der Waals surface area contributed by atoms with E-state index in [4.69, 9.17) is 0 Å². The van der Waals surface area contributed by atoms with Gasteiger partial charge >= 0.3 is 0 Å². The Labute approximate surface area is 121 Å². The molecule has 0 saturated heterocycles. The van der Waals surface area contributed by atoms with Crippen LogP contribution in [0.4, 0.5) is 5.82 Å². The molecule has 1 atom stereocenters. The molecule has 3 rings (SSSR count). The molecule has 1 aliphatic rings. The van der Waals surface area contributed by atoms with Crippen molar-refractivity contribution in [3.8, 4) is 0 Å². The Morgan fingerprint density at radius 3 is 2.86 bits per heavy atom. The molecule has 7 nitrogen and oxygen atoms in total. The van der Waals surface area contributed by atoms with Crippen LogP contribution in [-0.2, 0) is 9.59 Å². The standard InChI is InChI=1S/C14H17N5O2/c1-9(17-14(21)10-3-2-4-10)13(20)18-12-5-7-15-11-6-8-16-19(11)12/h5-10H,2-4H2,1H3,(H,17,21)(H,18,20). The molecule has 2 amide bonds. The van der Waals surface area contributed by atoms with Crippen molar-refractivity contribution in [3.05, 3.63) is 24.5 Å².